The number of primary amides is 1. The van der Waals surface area contributed by atoms with E-state index in [2.05, 4.69) is 5.10 Å². The molecule has 6 heteroatoms. The average molecular weight is 237 g/mol. The molecule has 1 amide bonds. The summed E-state index contributed by atoms with van der Waals surface area (Å²) in [5.74, 6) is 5.65. The van der Waals surface area contributed by atoms with Crippen molar-refractivity contribution in [3.8, 4) is 11.5 Å². The van der Waals surface area contributed by atoms with Crippen LogP contribution in [0.3, 0.4) is 0 Å². The zero-order valence-corrected chi connectivity index (χ0v) is 9.77. The van der Waals surface area contributed by atoms with E-state index in [0.717, 1.165) is 0 Å². The largest absolute Gasteiger partial charge is 0.496 e. The first-order valence-electron chi connectivity index (χ1n) is 4.89. The Morgan fingerprint density at radius 2 is 2.12 bits per heavy atom. The lowest BCUT2D eigenvalue weighted by Crippen LogP contribution is -2.15. The van der Waals surface area contributed by atoms with Crippen LogP contribution in [0.2, 0.25) is 0 Å². The Labute approximate surface area is 99.2 Å². The highest BCUT2D eigenvalue weighted by Crippen LogP contribution is 2.31. The molecule has 0 bridgehead atoms. The highest BCUT2D eigenvalue weighted by molar-refractivity contribution is 5.87. The second-order valence-corrected chi connectivity index (χ2v) is 3.29. The summed E-state index contributed by atoms with van der Waals surface area (Å²) in [5.41, 5.74) is 6.43. The molecule has 92 valence electrons. The quantitative estimate of drug-likeness (QED) is 0.428. The van der Waals surface area contributed by atoms with Crippen molar-refractivity contribution >= 4 is 12.1 Å². The van der Waals surface area contributed by atoms with Gasteiger partial charge in [0.05, 0.1) is 26.9 Å². The summed E-state index contributed by atoms with van der Waals surface area (Å²) in [4.78, 5) is 11.0. The normalized spacial score (nSPS) is 10.5. The molecule has 4 N–H and O–H groups in total. The fourth-order valence-electron chi connectivity index (χ4n) is 1.58. The SMILES string of the molecule is COc1ccc(/C=N/N)c(OC)c1CC(N)=O. The molecular formula is C11H15N3O3. The standard InChI is InChI=1S/C11H15N3O3/c1-16-9-4-3-7(6-14-13)11(17-2)8(9)5-10(12)15/h3-4,6H,5,13H2,1-2H3,(H2,12,15)/b14-6+. The van der Waals surface area contributed by atoms with Gasteiger partial charge in [-0.1, -0.05) is 0 Å². The number of benzene rings is 1. The zero-order valence-electron chi connectivity index (χ0n) is 9.77. The van der Waals surface area contributed by atoms with Crippen LogP contribution >= 0.6 is 0 Å². The van der Waals surface area contributed by atoms with E-state index < -0.39 is 5.91 Å². The van der Waals surface area contributed by atoms with Gasteiger partial charge in [-0.05, 0) is 12.1 Å². The Morgan fingerprint density at radius 1 is 1.41 bits per heavy atom. The number of ether oxygens (including phenoxy) is 2. The van der Waals surface area contributed by atoms with Crippen LogP contribution < -0.4 is 21.1 Å². The van der Waals surface area contributed by atoms with Crippen molar-refractivity contribution in [1.29, 1.82) is 0 Å². The van der Waals surface area contributed by atoms with Crippen molar-refractivity contribution in [3.05, 3.63) is 23.3 Å². The highest BCUT2D eigenvalue weighted by atomic mass is 16.5. The second-order valence-electron chi connectivity index (χ2n) is 3.29. The van der Waals surface area contributed by atoms with Crippen LogP contribution in [-0.4, -0.2) is 26.3 Å². The number of hydrogen-bond donors (Lipinski definition) is 2. The number of carbonyl (C=O) groups excluding carboxylic acids is 1. The molecule has 0 aliphatic rings. The molecule has 0 saturated carbocycles. The highest BCUT2D eigenvalue weighted by Gasteiger charge is 2.15. The topological polar surface area (TPSA) is 99.9 Å². The molecule has 1 aromatic rings. The number of hydrogen-bond acceptors (Lipinski definition) is 5. The van der Waals surface area contributed by atoms with E-state index in [9.17, 15) is 4.79 Å². The fourth-order valence-corrected chi connectivity index (χ4v) is 1.58. The molecule has 0 radical (unpaired) electrons. The van der Waals surface area contributed by atoms with E-state index in [1.165, 1.54) is 20.4 Å². The molecule has 1 aromatic carbocycles. The van der Waals surface area contributed by atoms with Crippen LogP contribution in [0.1, 0.15) is 11.1 Å². The zero-order chi connectivity index (χ0) is 12.8. The van der Waals surface area contributed by atoms with Gasteiger partial charge in [-0.15, -0.1) is 0 Å². The molecule has 0 aliphatic carbocycles. The molecule has 0 saturated heterocycles. The number of methoxy groups -OCH3 is 2. The van der Waals surface area contributed by atoms with Gasteiger partial charge in [0.25, 0.3) is 0 Å². The van der Waals surface area contributed by atoms with E-state index in [1.807, 2.05) is 0 Å². The Balaban J connectivity index is 3.36. The maximum absolute atomic E-state index is 11.0. The molecule has 1 rings (SSSR count). The van der Waals surface area contributed by atoms with Gasteiger partial charge >= 0.3 is 0 Å². The second kappa shape index (κ2) is 5.74. The Hall–Kier alpha value is -2.24. The third-order valence-corrected chi connectivity index (χ3v) is 2.24. The van der Waals surface area contributed by atoms with Crippen molar-refractivity contribution in [2.24, 2.45) is 16.7 Å². The molecule has 0 unspecified atom stereocenters. The van der Waals surface area contributed by atoms with Crippen molar-refractivity contribution in [1.82, 2.24) is 0 Å². The summed E-state index contributed by atoms with van der Waals surface area (Å²) < 4.78 is 10.4. The van der Waals surface area contributed by atoms with Gasteiger partial charge in [0.1, 0.15) is 11.5 Å². The first-order valence-corrected chi connectivity index (χ1v) is 4.89. The van der Waals surface area contributed by atoms with Gasteiger partial charge in [0.2, 0.25) is 5.91 Å². The van der Waals surface area contributed by atoms with Crippen molar-refractivity contribution in [3.63, 3.8) is 0 Å². The minimum absolute atomic E-state index is 0.0264. The van der Waals surface area contributed by atoms with Crippen molar-refractivity contribution in [2.75, 3.05) is 14.2 Å². The lowest BCUT2D eigenvalue weighted by atomic mass is 10.0. The molecule has 0 aliphatic heterocycles. The number of amides is 1. The number of nitrogens with two attached hydrogens (primary N) is 2. The lowest BCUT2D eigenvalue weighted by Gasteiger charge is -2.14. The molecular weight excluding hydrogens is 222 g/mol. The van der Waals surface area contributed by atoms with E-state index in [-0.39, 0.29) is 6.42 Å². The molecule has 17 heavy (non-hydrogen) atoms. The van der Waals surface area contributed by atoms with Gasteiger partial charge in [-0.25, -0.2) is 0 Å². The molecule has 0 fully saturated rings. The van der Waals surface area contributed by atoms with Crippen molar-refractivity contribution < 1.29 is 14.3 Å². The Morgan fingerprint density at radius 3 is 2.59 bits per heavy atom. The first kappa shape index (κ1) is 12.8. The third-order valence-electron chi connectivity index (χ3n) is 2.24. The number of carbonyl (C=O) groups is 1. The predicted octanol–water partition coefficient (Wildman–Crippen LogP) is 0.0242. The summed E-state index contributed by atoms with van der Waals surface area (Å²) in [6, 6.07) is 3.44. The van der Waals surface area contributed by atoms with E-state index in [1.54, 1.807) is 12.1 Å². The molecule has 0 aromatic heterocycles. The van der Waals surface area contributed by atoms with Crippen LogP contribution in [0, 0.1) is 0 Å². The smallest absolute Gasteiger partial charge is 0.222 e. The van der Waals surface area contributed by atoms with E-state index in [4.69, 9.17) is 21.1 Å². The summed E-state index contributed by atoms with van der Waals surface area (Å²) in [6.45, 7) is 0. The van der Waals surface area contributed by atoms with Gasteiger partial charge < -0.3 is 21.1 Å². The monoisotopic (exact) mass is 237 g/mol. The van der Waals surface area contributed by atoms with Crippen LogP contribution in [0.4, 0.5) is 0 Å². The predicted molar refractivity (Wildman–Crippen MR) is 64.2 cm³/mol. The maximum Gasteiger partial charge on any atom is 0.222 e. The third kappa shape index (κ3) is 2.87. The first-order chi connectivity index (χ1) is 8.13. The van der Waals surface area contributed by atoms with Crippen LogP contribution in [0.5, 0.6) is 11.5 Å². The van der Waals surface area contributed by atoms with Crippen LogP contribution in [-0.2, 0) is 11.2 Å². The molecule has 0 atom stereocenters. The average Bonchev–Trinajstić information content (AvgIpc) is 2.29. The van der Waals surface area contributed by atoms with Crippen LogP contribution in [0.25, 0.3) is 0 Å². The lowest BCUT2D eigenvalue weighted by molar-refractivity contribution is -0.117. The number of rotatable bonds is 5. The van der Waals surface area contributed by atoms with Crippen molar-refractivity contribution in [2.45, 2.75) is 6.42 Å². The molecule has 0 heterocycles. The van der Waals surface area contributed by atoms with Gasteiger partial charge in [-0.2, -0.15) is 5.10 Å². The minimum Gasteiger partial charge on any atom is -0.496 e. The van der Waals surface area contributed by atoms with Gasteiger partial charge in [0, 0.05) is 11.1 Å². The molecule has 6 nitrogen and oxygen atoms in total. The summed E-state index contributed by atoms with van der Waals surface area (Å²) >= 11 is 0. The van der Waals surface area contributed by atoms with Crippen LogP contribution in [0.15, 0.2) is 17.2 Å². The van der Waals surface area contributed by atoms with Gasteiger partial charge in [-0.3, -0.25) is 4.79 Å². The Kier molecular flexibility index (Phi) is 4.33. The summed E-state index contributed by atoms with van der Waals surface area (Å²) in [6.07, 6.45) is 1.46. The minimum atomic E-state index is -0.469. The summed E-state index contributed by atoms with van der Waals surface area (Å²) in [7, 11) is 3.00. The Bertz CT molecular complexity index is 444. The summed E-state index contributed by atoms with van der Waals surface area (Å²) in [5, 5.41) is 3.43. The molecule has 0 spiro atoms. The van der Waals surface area contributed by atoms with E-state index in [0.29, 0.717) is 22.6 Å². The fraction of sp³-hybridized carbons (Fsp3) is 0.273. The maximum atomic E-state index is 11.0. The van der Waals surface area contributed by atoms with E-state index >= 15 is 0 Å². The van der Waals surface area contributed by atoms with Gasteiger partial charge in [0.15, 0.2) is 0 Å². The number of hydrazone groups is 1. The number of nitrogens with zero attached hydrogens (tertiary/aromatic N) is 1.